The first kappa shape index (κ1) is 14.1. The smallest absolute Gasteiger partial charge is 0.182 e. The molecule has 0 amide bonds. The van der Waals surface area contributed by atoms with Crippen LogP contribution in [0.1, 0.15) is 18.1 Å². The normalized spacial score (nSPS) is 10.7. The number of rotatable bonds is 2. The molecule has 21 heavy (non-hydrogen) atoms. The standard InChI is InChI=1S/C16H12BrN3S/c1-2-11-8-12(17)4-6-14(11)20-15-7-10(9-18)3-5-13(15)19-16(20)21/h3-8H,2H2,1H3,(H,19,21). The van der Waals surface area contributed by atoms with E-state index in [-0.39, 0.29) is 0 Å². The van der Waals surface area contributed by atoms with Crippen molar-refractivity contribution in [2.24, 2.45) is 0 Å². The monoisotopic (exact) mass is 357 g/mol. The number of hydrogen-bond donors (Lipinski definition) is 1. The first-order valence-electron chi connectivity index (χ1n) is 6.57. The molecule has 0 spiro atoms. The van der Waals surface area contributed by atoms with Crippen LogP contribution in [0.25, 0.3) is 16.7 Å². The highest BCUT2D eigenvalue weighted by Gasteiger charge is 2.11. The zero-order valence-corrected chi connectivity index (χ0v) is 13.8. The van der Waals surface area contributed by atoms with Crippen molar-refractivity contribution in [1.82, 2.24) is 9.55 Å². The van der Waals surface area contributed by atoms with Crippen molar-refractivity contribution in [1.29, 1.82) is 5.26 Å². The van der Waals surface area contributed by atoms with Crippen molar-refractivity contribution in [3.63, 3.8) is 0 Å². The number of aryl methyl sites for hydroxylation is 1. The van der Waals surface area contributed by atoms with Crippen LogP contribution in [0.15, 0.2) is 40.9 Å². The first-order chi connectivity index (χ1) is 10.1. The molecule has 1 N–H and O–H groups in total. The summed E-state index contributed by atoms with van der Waals surface area (Å²) in [4.78, 5) is 3.20. The fourth-order valence-corrected chi connectivity index (χ4v) is 3.18. The Hall–Kier alpha value is -1.90. The van der Waals surface area contributed by atoms with E-state index in [0.29, 0.717) is 10.3 Å². The molecule has 3 nitrogen and oxygen atoms in total. The minimum Gasteiger partial charge on any atom is -0.330 e. The van der Waals surface area contributed by atoms with Crippen molar-refractivity contribution in [3.05, 3.63) is 56.8 Å². The van der Waals surface area contributed by atoms with Gasteiger partial charge in [-0.2, -0.15) is 5.26 Å². The summed E-state index contributed by atoms with van der Waals surface area (Å²) >= 11 is 8.97. The molecule has 3 aromatic rings. The van der Waals surface area contributed by atoms with Crippen LogP contribution in [-0.2, 0) is 6.42 Å². The van der Waals surface area contributed by atoms with E-state index >= 15 is 0 Å². The quantitative estimate of drug-likeness (QED) is 0.664. The maximum Gasteiger partial charge on any atom is 0.182 e. The Labute approximate surface area is 136 Å². The molecule has 0 radical (unpaired) electrons. The largest absolute Gasteiger partial charge is 0.330 e. The van der Waals surface area contributed by atoms with E-state index in [1.165, 1.54) is 5.56 Å². The average molecular weight is 358 g/mol. The highest BCUT2D eigenvalue weighted by molar-refractivity contribution is 9.10. The number of H-pyrrole nitrogens is 1. The number of imidazole rings is 1. The average Bonchev–Trinajstić information content (AvgIpc) is 2.82. The molecule has 0 aliphatic carbocycles. The van der Waals surface area contributed by atoms with Gasteiger partial charge in [0.15, 0.2) is 4.77 Å². The number of aromatic nitrogens is 2. The predicted octanol–water partition coefficient (Wildman–Crippen LogP) is 4.88. The molecule has 1 heterocycles. The second-order valence-corrected chi connectivity index (χ2v) is 6.04. The maximum atomic E-state index is 9.10. The minimum absolute atomic E-state index is 0.625. The number of nitrogens with zero attached hydrogens (tertiary/aromatic N) is 2. The van der Waals surface area contributed by atoms with Gasteiger partial charge in [-0.25, -0.2) is 0 Å². The van der Waals surface area contributed by atoms with Gasteiger partial charge in [-0.15, -0.1) is 0 Å². The molecule has 0 bridgehead atoms. The van der Waals surface area contributed by atoms with Crippen LogP contribution < -0.4 is 0 Å². The lowest BCUT2D eigenvalue weighted by molar-refractivity contribution is 1.01. The number of nitrogens with one attached hydrogen (secondary N) is 1. The Balaban J connectivity index is 2.37. The lowest BCUT2D eigenvalue weighted by Crippen LogP contribution is -1.99. The van der Waals surface area contributed by atoms with E-state index in [1.54, 1.807) is 6.07 Å². The first-order valence-corrected chi connectivity index (χ1v) is 7.78. The number of halogens is 1. The van der Waals surface area contributed by atoms with Crippen LogP contribution in [0.5, 0.6) is 0 Å². The van der Waals surface area contributed by atoms with Gasteiger partial charge in [0.05, 0.1) is 28.4 Å². The fourth-order valence-electron chi connectivity index (χ4n) is 2.47. The Morgan fingerprint density at radius 1 is 1.29 bits per heavy atom. The molecule has 104 valence electrons. The van der Waals surface area contributed by atoms with Crippen molar-refractivity contribution >= 4 is 39.2 Å². The Morgan fingerprint density at radius 2 is 2.10 bits per heavy atom. The zero-order chi connectivity index (χ0) is 15.0. The van der Waals surface area contributed by atoms with Crippen LogP contribution >= 0.6 is 28.1 Å². The summed E-state index contributed by atoms with van der Waals surface area (Å²) < 4.78 is 3.68. The van der Waals surface area contributed by atoms with Gasteiger partial charge in [0, 0.05) is 4.47 Å². The highest BCUT2D eigenvalue weighted by atomic mass is 79.9. The van der Waals surface area contributed by atoms with E-state index in [2.05, 4.69) is 40.0 Å². The number of fused-ring (bicyclic) bond motifs is 1. The summed E-state index contributed by atoms with van der Waals surface area (Å²) in [6, 6.07) is 13.9. The van der Waals surface area contributed by atoms with Crippen molar-refractivity contribution in [2.75, 3.05) is 0 Å². The molecule has 0 aliphatic heterocycles. The molecule has 1 aromatic heterocycles. The van der Waals surface area contributed by atoms with Gasteiger partial charge in [-0.3, -0.25) is 4.57 Å². The summed E-state index contributed by atoms with van der Waals surface area (Å²) in [5.41, 5.74) is 4.73. The summed E-state index contributed by atoms with van der Waals surface area (Å²) in [5, 5.41) is 9.10. The molecule has 2 aromatic carbocycles. The summed E-state index contributed by atoms with van der Waals surface area (Å²) in [7, 11) is 0. The van der Waals surface area contributed by atoms with Gasteiger partial charge in [-0.1, -0.05) is 22.9 Å². The van der Waals surface area contributed by atoms with Gasteiger partial charge in [-0.05, 0) is 60.6 Å². The Bertz CT molecular complexity index is 931. The van der Waals surface area contributed by atoms with Crippen LogP contribution in [0, 0.1) is 16.1 Å². The molecule has 0 unspecified atom stereocenters. The van der Waals surface area contributed by atoms with Crippen LogP contribution in [0.4, 0.5) is 0 Å². The van der Waals surface area contributed by atoms with E-state index in [4.69, 9.17) is 17.5 Å². The van der Waals surface area contributed by atoms with Crippen molar-refractivity contribution in [3.8, 4) is 11.8 Å². The molecular weight excluding hydrogens is 346 g/mol. The second-order valence-electron chi connectivity index (χ2n) is 4.74. The molecule has 0 fully saturated rings. The lowest BCUT2D eigenvalue weighted by atomic mass is 10.1. The van der Waals surface area contributed by atoms with Gasteiger partial charge >= 0.3 is 0 Å². The topological polar surface area (TPSA) is 44.5 Å². The number of benzene rings is 2. The number of nitriles is 1. The van der Waals surface area contributed by atoms with Crippen molar-refractivity contribution < 1.29 is 0 Å². The number of aromatic amines is 1. The van der Waals surface area contributed by atoms with Crippen molar-refractivity contribution in [2.45, 2.75) is 13.3 Å². The molecule has 0 aliphatic rings. The minimum atomic E-state index is 0.625. The van der Waals surface area contributed by atoms with E-state index < -0.39 is 0 Å². The van der Waals surface area contributed by atoms with Crippen LogP contribution in [0.3, 0.4) is 0 Å². The fraction of sp³-hybridized carbons (Fsp3) is 0.125. The van der Waals surface area contributed by atoms with Gasteiger partial charge < -0.3 is 4.98 Å². The molecule has 0 saturated carbocycles. The SMILES string of the molecule is CCc1cc(Br)ccc1-n1c(=S)[nH]c2ccc(C#N)cc21. The molecule has 3 rings (SSSR count). The van der Waals surface area contributed by atoms with Gasteiger partial charge in [0.25, 0.3) is 0 Å². The summed E-state index contributed by atoms with van der Waals surface area (Å²) in [6.45, 7) is 2.12. The van der Waals surface area contributed by atoms with Gasteiger partial charge in [0.1, 0.15) is 0 Å². The van der Waals surface area contributed by atoms with Gasteiger partial charge in [0.2, 0.25) is 0 Å². The molecule has 5 heteroatoms. The number of hydrogen-bond acceptors (Lipinski definition) is 2. The predicted molar refractivity (Wildman–Crippen MR) is 90.3 cm³/mol. The van der Waals surface area contributed by atoms with Crippen LogP contribution in [0.2, 0.25) is 0 Å². The second kappa shape index (κ2) is 5.47. The van der Waals surface area contributed by atoms with Crippen LogP contribution in [-0.4, -0.2) is 9.55 Å². The third-order valence-corrected chi connectivity index (χ3v) is 4.25. The van der Waals surface area contributed by atoms with E-state index in [1.807, 2.05) is 28.8 Å². The zero-order valence-electron chi connectivity index (χ0n) is 11.4. The maximum absolute atomic E-state index is 9.10. The third-order valence-electron chi connectivity index (χ3n) is 3.48. The Morgan fingerprint density at radius 3 is 2.81 bits per heavy atom. The third kappa shape index (κ3) is 2.41. The van der Waals surface area contributed by atoms with E-state index in [0.717, 1.165) is 27.6 Å². The Kier molecular flexibility index (Phi) is 3.66. The summed E-state index contributed by atoms with van der Waals surface area (Å²) in [6.07, 6.45) is 0.904. The van der Waals surface area contributed by atoms with E-state index in [9.17, 15) is 0 Å². The molecule has 0 saturated heterocycles. The molecule has 0 atom stereocenters. The molecular formula is C16H12BrN3S. The highest BCUT2D eigenvalue weighted by Crippen LogP contribution is 2.26. The summed E-state index contributed by atoms with van der Waals surface area (Å²) in [5.74, 6) is 0. The lowest BCUT2D eigenvalue weighted by Gasteiger charge is -2.11.